The number of ether oxygens (including phenoxy) is 1. The standard InChI is InChI=1S/C16H21BrO2/c1-12(18)5-6-13-7-9-15(10-8-13)19-16-4-2-3-14(17)11-16/h2-4,11,13,15H,5-10H2,1H3. The normalized spacial score (nSPS) is 23.1. The molecule has 0 atom stereocenters. The van der Waals surface area contributed by atoms with Crippen LogP contribution < -0.4 is 4.74 Å². The molecule has 0 aromatic heterocycles. The molecule has 1 aromatic rings. The lowest BCUT2D eigenvalue weighted by Gasteiger charge is -2.28. The van der Waals surface area contributed by atoms with Gasteiger partial charge in [-0.15, -0.1) is 0 Å². The van der Waals surface area contributed by atoms with Gasteiger partial charge in [0, 0.05) is 10.9 Å². The van der Waals surface area contributed by atoms with E-state index in [0.717, 1.165) is 35.9 Å². The number of hydrogen-bond donors (Lipinski definition) is 0. The van der Waals surface area contributed by atoms with Crippen molar-refractivity contribution >= 4 is 21.7 Å². The van der Waals surface area contributed by atoms with E-state index in [-0.39, 0.29) is 0 Å². The summed E-state index contributed by atoms with van der Waals surface area (Å²) in [6.45, 7) is 1.68. The molecular weight excluding hydrogens is 304 g/mol. The molecule has 0 saturated heterocycles. The van der Waals surface area contributed by atoms with Crippen molar-refractivity contribution in [2.75, 3.05) is 0 Å². The lowest BCUT2D eigenvalue weighted by atomic mass is 9.84. The molecule has 0 spiro atoms. The Bertz CT molecular complexity index is 423. The summed E-state index contributed by atoms with van der Waals surface area (Å²) in [7, 11) is 0. The van der Waals surface area contributed by atoms with Crippen LogP contribution in [0, 0.1) is 5.92 Å². The SMILES string of the molecule is CC(=O)CCC1CCC(Oc2cccc(Br)c2)CC1. The predicted molar refractivity (Wildman–Crippen MR) is 80.4 cm³/mol. The molecule has 3 heteroatoms. The minimum Gasteiger partial charge on any atom is -0.490 e. The topological polar surface area (TPSA) is 26.3 Å². The number of hydrogen-bond acceptors (Lipinski definition) is 2. The number of Topliss-reactive ketones (excluding diaryl/α,β-unsaturated/α-hetero) is 1. The number of carbonyl (C=O) groups excluding carboxylic acids is 1. The van der Waals surface area contributed by atoms with E-state index in [0.29, 0.717) is 17.8 Å². The van der Waals surface area contributed by atoms with E-state index in [2.05, 4.69) is 15.9 Å². The van der Waals surface area contributed by atoms with Gasteiger partial charge in [-0.05, 0) is 63.1 Å². The van der Waals surface area contributed by atoms with Gasteiger partial charge >= 0.3 is 0 Å². The van der Waals surface area contributed by atoms with Crippen LogP contribution in [0.15, 0.2) is 28.7 Å². The molecule has 1 fully saturated rings. The highest BCUT2D eigenvalue weighted by Crippen LogP contribution is 2.31. The van der Waals surface area contributed by atoms with Gasteiger partial charge in [-0.25, -0.2) is 0 Å². The first-order valence-electron chi connectivity index (χ1n) is 7.05. The van der Waals surface area contributed by atoms with Gasteiger partial charge in [-0.3, -0.25) is 0 Å². The van der Waals surface area contributed by atoms with Crippen LogP contribution in [0.5, 0.6) is 5.75 Å². The molecule has 0 radical (unpaired) electrons. The van der Waals surface area contributed by atoms with Gasteiger partial charge in [0.25, 0.3) is 0 Å². The summed E-state index contributed by atoms with van der Waals surface area (Å²) < 4.78 is 7.07. The van der Waals surface area contributed by atoms with Crippen molar-refractivity contribution in [1.82, 2.24) is 0 Å². The zero-order valence-electron chi connectivity index (χ0n) is 11.4. The van der Waals surface area contributed by atoms with E-state index in [1.54, 1.807) is 6.92 Å². The first kappa shape index (κ1) is 14.6. The third kappa shape index (κ3) is 4.98. The molecule has 0 N–H and O–H groups in total. The molecule has 104 valence electrons. The predicted octanol–water partition coefficient (Wildman–Crippen LogP) is 4.76. The highest BCUT2D eigenvalue weighted by Gasteiger charge is 2.22. The lowest BCUT2D eigenvalue weighted by Crippen LogP contribution is -2.24. The summed E-state index contributed by atoms with van der Waals surface area (Å²) in [5.74, 6) is 1.97. The van der Waals surface area contributed by atoms with Gasteiger partial charge in [0.2, 0.25) is 0 Å². The third-order valence-corrected chi connectivity index (χ3v) is 4.29. The van der Waals surface area contributed by atoms with Gasteiger partial charge in [0.05, 0.1) is 6.10 Å². The summed E-state index contributed by atoms with van der Waals surface area (Å²) in [4.78, 5) is 11.0. The van der Waals surface area contributed by atoms with Crippen molar-refractivity contribution < 1.29 is 9.53 Å². The molecule has 1 saturated carbocycles. The maximum Gasteiger partial charge on any atom is 0.129 e. The Morgan fingerprint density at radius 1 is 1.32 bits per heavy atom. The molecule has 0 unspecified atom stereocenters. The fourth-order valence-corrected chi connectivity index (χ4v) is 3.06. The van der Waals surface area contributed by atoms with Crippen molar-refractivity contribution in [1.29, 1.82) is 0 Å². The maximum absolute atomic E-state index is 11.0. The van der Waals surface area contributed by atoms with E-state index in [1.165, 1.54) is 12.8 Å². The van der Waals surface area contributed by atoms with Gasteiger partial charge in [0.15, 0.2) is 0 Å². The molecule has 1 aliphatic rings. The second-order valence-electron chi connectivity index (χ2n) is 5.46. The largest absolute Gasteiger partial charge is 0.490 e. The maximum atomic E-state index is 11.0. The van der Waals surface area contributed by atoms with Crippen molar-refractivity contribution in [3.63, 3.8) is 0 Å². The molecule has 1 aliphatic carbocycles. The van der Waals surface area contributed by atoms with Gasteiger partial charge in [-0.1, -0.05) is 22.0 Å². The Hall–Kier alpha value is -0.830. The summed E-state index contributed by atoms with van der Waals surface area (Å²) in [5.41, 5.74) is 0. The minimum absolute atomic E-state index is 0.313. The van der Waals surface area contributed by atoms with Crippen LogP contribution >= 0.6 is 15.9 Å². The van der Waals surface area contributed by atoms with E-state index in [1.807, 2.05) is 24.3 Å². The van der Waals surface area contributed by atoms with Crippen molar-refractivity contribution in [2.45, 2.75) is 51.6 Å². The van der Waals surface area contributed by atoms with E-state index in [4.69, 9.17) is 4.74 Å². The molecule has 0 aliphatic heterocycles. The second kappa shape index (κ2) is 7.09. The van der Waals surface area contributed by atoms with Gasteiger partial charge in [-0.2, -0.15) is 0 Å². The van der Waals surface area contributed by atoms with Gasteiger partial charge in [0.1, 0.15) is 11.5 Å². The number of halogens is 1. The van der Waals surface area contributed by atoms with Crippen LogP contribution in [0.25, 0.3) is 0 Å². The van der Waals surface area contributed by atoms with Crippen LogP contribution in [-0.2, 0) is 4.79 Å². The van der Waals surface area contributed by atoms with Crippen LogP contribution in [0.4, 0.5) is 0 Å². The third-order valence-electron chi connectivity index (χ3n) is 3.80. The zero-order chi connectivity index (χ0) is 13.7. The lowest BCUT2D eigenvalue weighted by molar-refractivity contribution is -0.117. The van der Waals surface area contributed by atoms with Crippen LogP contribution in [-0.4, -0.2) is 11.9 Å². The molecule has 19 heavy (non-hydrogen) atoms. The summed E-state index contributed by atoms with van der Waals surface area (Å²) in [6, 6.07) is 8.03. The number of carbonyl (C=O) groups is 1. The Morgan fingerprint density at radius 3 is 2.68 bits per heavy atom. The number of ketones is 1. The second-order valence-corrected chi connectivity index (χ2v) is 6.37. The van der Waals surface area contributed by atoms with Crippen molar-refractivity contribution in [3.05, 3.63) is 28.7 Å². The first-order chi connectivity index (χ1) is 9.13. The average molecular weight is 325 g/mol. The van der Waals surface area contributed by atoms with Crippen LogP contribution in [0.2, 0.25) is 0 Å². The highest BCUT2D eigenvalue weighted by molar-refractivity contribution is 9.10. The summed E-state index contributed by atoms with van der Waals surface area (Å²) >= 11 is 3.46. The zero-order valence-corrected chi connectivity index (χ0v) is 13.0. The molecule has 0 amide bonds. The molecule has 2 nitrogen and oxygen atoms in total. The summed E-state index contributed by atoms with van der Waals surface area (Å²) in [5, 5.41) is 0. The molecule has 0 heterocycles. The Labute approximate surface area is 123 Å². The van der Waals surface area contributed by atoms with Crippen LogP contribution in [0.1, 0.15) is 45.4 Å². The van der Waals surface area contributed by atoms with E-state index < -0.39 is 0 Å². The monoisotopic (exact) mass is 324 g/mol. The fraction of sp³-hybridized carbons (Fsp3) is 0.562. The highest BCUT2D eigenvalue weighted by atomic mass is 79.9. The van der Waals surface area contributed by atoms with Crippen molar-refractivity contribution in [3.8, 4) is 5.75 Å². The van der Waals surface area contributed by atoms with Crippen molar-refractivity contribution in [2.24, 2.45) is 5.92 Å². The molecular formula is C16H21BrO2. The Morgan fingerprint density at radius 2 is 2.05 bits per heavy atom. The molecule has 1 aromatic carbocycles. The average Bonchev–Trinajstić information content (AvgIpc) is 2.38. The molecule has 2 rings (SSSR count). The Balaban J connectivity index is 1.75. The fourth-order valence-electron chi connectivity index (χ4n) is 2.68. The van der Waals surface area contributed by atoms with Gasteiger partial charge < -0.3 is 9.53 Å². The van der Waals surface area contributed by atoms with E-state index >= 15 is 0 Å². The first-order valence-corrected chi connectivity index (χ1v) is 7.84. The van der Waals surface area contributed by atoms with Crippen LogP contribution in [0.3, 0.4) is 0 Å². The van der Waals surface area contributed by atoms with E-state index in [9.17, 15) is 4.79 Å². The summed E-state index contributed by atoms with van der Waals surface area (Å²) in [6.07, 6.45) is 6.71. The smallest absolute Gasteiger partial charge is 0.129 e. The minimum atomic E-state index is 0.313. The number of benzene rings is 1. The molecule has 0 bridgehead atoms. The quantitative estimate of drug-likeness (QED) is 0.780. The Kier molecular flexibility index (Phi) is 5.44. The number of rotatable bonds is 5.